The maximum absolute atomic E-state index is 4.83. The van der Waals surface area contributed by atoms with Crippen molar-refractivity contribution in [1.29, 1.82) is 0 Å². The van der Waals surface area contributed by atoms with Gasteiger partial charge in [0.15, 0.2) is 5.65 Å². The first-order chi connectivity index (χ1) is 13.2. The molecule has 6 heteroatoms. The Morgan fingerprint density at radius 2 is 2.00 bits per heavy atom. The Morgan fingerprint density at radius 3 is 2.85 bits per heavy atom. The molecule has 0 unspecified atom stereocenters. The molecule has 0 atom stereocenters. The summed E-state index contributed by atoms with van der Waals surface area (Å²) in [5, 5.41) is 10.2. The fraction of sp³-hybridized carbons (Fsp3) is 0.143. The van der Waals surface area contributed by atoms with E-state index in [0.29, 0.717) is 0 Å². The van der Waals surface area contributed by atoms with Gasteiger partial charge in [-0.3, -0.25) is 9.67 Å². The Morgan fingerprint density at radius 1 is 1.07 bits per heavy atom. The molecule has 5 rings (SSSR count). The average Bonchev–Trinajstić information content (AvgIpc) is 3.25. The van der Waals surface area contributed by atoms with Crippen LogP contribution in [0.4, 0.5) is 0 Å². The molecule has 4 aromatic heterocycles. The maximum Gasteiger partial charge on any atom is 0.154 e. The first kappa shape index (κ1) is 15.7. The lowest BCUT2D eigenvalue weighted by atomic mass is 10.1. The smallest absolute Gasteiger partial charge is 0.154 e. The average molecular weight is 354 g/mol. The van der Waals surface area contributed by atoms with Crippen molar-refractivity contribution < 1.29 is 0 Å². The van der Waals surface area contributed by atoms with E-state index < -0.39 is 0 Å². The van der Waals surface area contributed by atoms with E-state index in [-0.39, 0.29) is 0 Å². The summed E-state index contributed by atoms with van der Waals surface area (Å²) in [4.78, 5) is 9.08. The third-order valence-electron chi connectivity index (χ3n) is 4.81. The number of benzene rings is 1. The Hall–Kier alpha value is -3.54. The molecule has 4 heterocycles. The van der Waals surface area contributed by atoms with Gasteiger partial charge in [-0.2, -0.15) is 10.2 Å². The molecule has 0 aliphatic heterocycles. The highest BCUT2D eigenvalue weighted by molar-refractivity contribution is 5.79. The Bertz CT molecular complexity index is 1280. The van der Waals surface area contributed by atoms with E-state index in [1.165, 1.54) is 5.56 Å². The van der Waals surface area contributed by atoms with E-state index in [0.717, 1.165) is 45.6 Å². The number of pyridine rings is 1. The van der Waals surface area contributed by atoms with Gasteiger partial charge in [-0.05, 0) is 42.8 Å². The lowest BCUT2D eigenvalue weighted by Gasteiger charge is -2.06. The first-order valence-corrected chi connectivity index (χ1v) is 8.85. The van der Waals surface area contributed by atoms with Crippen molar-refractivity contribution >= 4 is 16.6 Å². The highest BCUT2D eigenvalue weighted by Gasteiger charge is 2.13. The van der Waals surface area contributed by atoms with Crippen LogP contribution in [0.25, 0.3) is 27.8 Å². The summed E-state index contributed by atoms with van der Waals surface area (Å²) in [6.07, 6.45) is 6.38. The fourth-order valence-corrected chi connectivity index (χ4v) is 3.43. The molecule has 0 bridgehead atoms. The number of hydrogen-bond donors (Lipinski definition) is 0. The molecule has 0 fully saturated rings. The van der Waals surface area contributed by atoms with E-state index in [9.17, 15) is 0 Å². The van der Waals surface area contributed by atoms with Crippen LogP contribution in [-0.2, 0) is 13.5 Å². The van der Waals surface area contributed by atoms with Gasteiger partial charge in [0.05, 0.1) is 28.8 Å². The lowest BCUT2D eigenvalue weighted by Crippen LogP contribution is -2.01. The number of nitrogens with zero attached hydrogens (tertiary/aromatic N) is 6. The van der Waals surface area contributed by atoms with Gasteiger partial charge in [0.25, 0.3) is 0 Å². The van der Waals surface area contributed by atoms with Crippen LogP contribution in [-0.4, -0.2) is 29.4 Å². The van der Waals surface area contributed by atoms with Gasteiger partial charge in [-0.25, -0.2) is 9.50 Å². The minimum Gasteiger partial charge on any atom is -0.275 e. The monoisotopic (exact) mass is 354 g/mol. The topological polar surface area (TPSA) is 60.9 Å². The first-order valence-electron chi connectivity index (χ1n) is 8.85. The highest BCUT2D eigenvalue weighted by Crippen LogP contribution is 2.21. The van der Waals surface area contributed by atoms with Crippen LogP contribution < -0.4 is 0 Å². The Labute approximate surface area is 156 Å². The van der Waals surface area contributed by atoms with Crippen LogP contribution in [0, 0.1) is 6.92 Å². The summed E-state index contributed by atoms with van der Waals surface area (Å²) in [5.74, 6) is 0. The summed E-state index contributed by atoms with van der Waals surface area (Å²) in [7, 11) is 1.91. The molecule has 0 aliphatic carbocycles. The third-order valence-corrected chi connectivity index (χ3v) is 4.81. The van der Waals surface area contributed by atoms with Crippen molar-refractivity contribution in [1.82, 2.24) is 29.4 Å². The molecule has 5 aromatic rings. The zero-order valence-electron chi connectivity index (χ0n) is 15.2. The number of aromatic nitrogens is 6. The number of fused-ring (bicyclic) bond motifs is 2. The second-order valence-corrected chi connectivity index (χ2v) is 6.74. The molecule has 0 amide bonds. The zero-order chi connectivity index (χ0) is 18.4. The minimum atomic E-state index is 0.765. The van der Waals surface area contributed by atoms with Gasteiger partial charge in [-0.15, -0.1) is 0 Å². The fourth-order valence-electron chi connectivity index (χ4n) is 3.43. The normalized spacial score (nSPS) is 11.5. The maximum atomic E-state index is 4.83. The minimum absolute atomic E-state index is 0.765. The van der Waals surface area contributed by atoms with Crippen molar-refractivity contribution in [3.63, 3.8) is 0 Å². The van der Waals surface area contributed by atoms with Gasteiger partial charge >= 0.3 is 0 Å². The quantitative estimate of drug-likeness (QED) is 0.497. The lowest BCUT2D eigenvalue weighted by molar-refractivity contribution is 0.768. The van der Waals surface area contributed by atoms with Crippen LogP contribution in [0.2, 0.25) is 0 Å². The molecular weight excluding hydrogens is 336 g/mol. The molecule has 0 saturated heterocycles. The standard InChI is InChI=1S/C21H18N6/c1-14-20(11-15-5-6-18-16(10-15)4-3-9-22-18)27-21(24-14)8-7-19(25-27)17-12-23-26(2)13-17/h3-10,12-13H,11H2,1-2H3. The summed E-state index contributed by atoms with van der Waals surface area (Å²) in [5.41, 5.74) is 7.06. The molecule has 132 valence electrons. The summed E-state index contributed by atoms with van der Waals surface area (Å²) in [6.45, 7) is 2.04. The Balaban J connectivity index is 1.59. The van der Waals surface area contributed by atoms with Crippen molar-refractivity contribution in [3.8, 4) is 11.3 Å². The third kappa shape index (κ3) is 2.75. The van der Waals surface area contributed by atoms with E-state index in [1.807, 2.05) is 55.3 Å². The summed E-state index contributed by atoms with van der Waals surface area (Å²) >= 11 is 0. The summed E-state index contributed by atoms with van der Waals surface area (Å²) < 4.78 is 3.73. The van der Waals surface area contributed by atoms with E-state index >= 15 is 0 Å². The number of aryl methyl sites for hydroxylation is 2. The van der Waals surface area contributed by atoms with E-state index in [2.05, 4.69) is 39.3 Å². The second-order valence-electron chi connectivity index (χ2n) is 6.74. The number of hydrogen-bond acceptors (Lipinski definition) is 4. The van der Waals surface area contributed by atoms with E-state index in [1.54, 1.807) is 4.68 Å². The second kappa shape index (κ2) is 6.02. The van der Waals surface area contributed by atoms with Crippen LogP contribution >= 0.6 is 0 Å². The Kier molecular flexibility index (Phi) is 3.50. The molecule has 6 nitrogen and oxygen atoms in total. The zero-order valence-corrected chi connectivity index (χ0v) is 15.2. The predicted molar refractivity (Wildman–Crippen MR) is 104 cm³/mol. The SMILES string of the molecule is Cc1nc2ccc(-c3cnn(C)c3)nn2c1Cc1ccc2ncccc2c1. The van der Waals surface area contributed by atoms with Crippen molar-refractivity contribution in [2.24, 2.45) is 7.05 Å². The van der Waals surface area contributed by atoms with Crippen LogP contribution in [0.15, 0.2) is 61.1 Å². The molecule has 0 radical (unpaired) electrons. The molecule has 0 N–H and O–H groups in total. The largest absolute Gasteiger partial charge is 0.275 e. The van der Waals surface area contributed by atoms with E-state index in [4.69, 9.17) is 5.10 Å². The molecular formula is C21H18N6. The predicted octanol–water partition coefficient (Wildman–Crippen LogP) is 3.58. The molecule has 0 saturated carbocycles. The van der Waals surface area contributed by atoms with Crippen molar-refractivity contribution in [2.45, 2.75) is 13.3 Å². The van der Waals surface area contributed by atoms with Crippen molar-refractivity contribution in [2.75, 3.05) is 0 Å². The van der Waals surface area contributed by atoms with Gasteiger partial charge in [0.2, 0.25) is 0 Å². The molecule has 0 spiro atoms. The van der Waals surface area contributed by atoms with Crippen LogP contribution in [0.5, 0.6) is 0 Å². The highest BCUT2D eigenvalue weighted by atomic mass is 15.3. The number of imidazole rings is 1. The van der Waals surface area contributed by atoms with Gasteiger partial charge < -0.3 is 0 Å². The van der Waals surface area contributed by atoms with Gasteiger partial charge in [0.1, 0.15) is 0 Å². The van der Waals surface area contributed by atoms with Gasteiger partial charge in [-0.1, -0.05) is 12.1 Å². The molecule has 0 aliphatic rings. The van der Waals surface area contributed by atoms with Crippen LogP contribution in [0.1, 0.15) is 17.0 Å². The molecule has 1 aromatic carbocycles. The number of rotatable bonds is 3. The van der Waals surface area contributed by atoms with Crippen LogP contribution in [0.3, 0.4) is 0 Å². The summed E-state index contributed by atoms with van der Waals surface area (Å²) in [6, 6.07) is 14.4. The van der Waals surface area contributed by atoms with Crippen molar-refractivity contribution in [3.05, 3.63) is 78.0 Å². The van der Waals surface area contributed by atoms with Gasteiger partial charge in [0, 0.05) is 36.8 Å². The molecule has 27 heavy (non-hydrogen) atoms.